The lowest BCUT2D eigenvalue weighted by Crippen LogP contribution is -2.45. The average Bonchev–Trinajstić information content (AvgIpc) is 3.71. The number of ether oxygens (including phenoxy) is 1. The van der Waals surface area contributed by atoms with Crippen LogP contribution >= 0.6 is 15.9 Å². The molecule has 1 amide bonds. The molecule has 248 valence electrons. The first kappa shape index (κ1) is 32.5. The molecule has 1 N–H and O–H groups in total. The molecule has 2 aliphatic rings. The van der Waals surface area contributed by atoms with E-state index in [0.717, 1.165) is 26.7 Å². The summed E-state index contributed by atoms with van der Waals surface area (Å²) in [7, 11) is -3.33. The summed E-state index contributed by atoms with van der Waals surface area (Å²) in [6, 6.07) is 20.5. The van der Waals surface area contributed by atoms with Crippen molar-refractivity contribution < 1.29 is 18.7 Å². The van der Waals surface area contributed by atoms with Gasteiger partial charge in [-0.3, -0.25) is 14.3 Å². The summed E-state index contributed by atoms with van der Waals surface area (Å²) in [4.78, 5) is 29.6. The molecule has 7 rings (SSSR count). The molecule has 1 fully saturated rings. The number of hydrogen-bond donors (Lipinski definition) is 1. The Bertz CT molecular complexity index is 2070. The van der Waals surface area contributed by atoms with Gasteiger partial charge in [0.15, 0.2) is 5.60 Å². The molecule has 1 spiro atoms. The van der Waals surface area contributed by atoms with Crippen LogP contribution in [-0.4, -0.2) is 56.9 Å². The van der Waals surface area contributed by atoms with Gasteiger partial charge in [-0.05, 0) is 61.5 Å². The number of carbonyl (C=O) groups excluding carboxylic acids is 1. The van der Waals surface area contributed by atoms with Crippen LogP contribution in [0.4, 0.5) is 9.80 Å². The van der Waals surface area contributed by atoms with Crippen molar-refractivity contribution in [1.82, 2.24) is 24.8 Å². The first-order valence-electron chi connectivity index (χ1n) is 16.1. The number of rotatable bonds is 9. The minimum atomic E-state index is -3.33. The third kappa shape index (κ3) is 5.52. The summed E-state index contributed by atoms with van der Waals surface area (Å²) >= 11 is 3.60. The van der Waals surface area contributed by atoms with Crippen LogP contribution in [0.2, 0.25) is 18.6 Å². The van der Waals surface area contributed by atoms with Crippen LogP contribution in [0, 0.1) is 5.92 Å². The third-order valence-corrected chi connectivity index (χ3v) is 12.7. The predicted octanol–water partition coefficient (Wildman–Crippen LogP) is 5.69. The van der Waals surface area contributed by atoms with E-state index in [2.05, 4.69) is 31.3 Å². The summed E-state index contributed by atoms with van der Waals surface area (Å²) in [6.07, 6.45) is 3.81. The van der Waals surface area contributed by atoms with E-state index in [1.54, 1.807) is 41.1 Å². The first-order valence-corrected chi connectivity index (χ1v) is 19.8. The van der Waals surface area contributed by atoms with E-state index in [4.69, 9.17) is 4.74 Å². The van der Waals surface area contributed by atoms with Gasteiger partial charge in [0.2, 0.25) is 8.41 Å². The number of amides is 1. The van der Waals surface area contributed by atoms with Crippen molar-refractivity contribution in [2.45, 2.75) is 63.2 Å². The fourth-order valence-corrected chi connectivity index (χ4v) is 10.5. The highest BCUT2D eigenvalue weighted by Crippen LogP contribution is 2.60. The molecule has 5 aromatic rings. The second kappa shape index (κ2) is 12.4. The van der Waals surface area contributed by atoms with Gasteiger partial charge in [-0.1, -0.05) is 58.4 Å². The van der Waals surface area contributed by atoms with Crippen LogP contribution in [-0.2, 0) is 34.6 Å². The molecule has 4 atom stereocenters. The molecule has 13 heteroatoms. The standard InChI is InChI=1S/C35H36BrFN6O4Si/c1-22-32(48(2,3)37)31(14-16-41-21-26(15-17-44)39-40-41)47-35(22)29-18-25(36)10-13-30(29)42(34(35)46)20-23-8-11-27(12-9-23)43-33(45)28-7-5-4-6-24(28)19-38-43/h4-13,18-19,21-22,31-32,44H,14-17,20H2,1-3H3/t22-,31+,32-,35+/m0/s1. The van der Waals surface area contributed by atoms with Gasteiger partial charge in [-0.25, -0.2) is 0 Å². The molecule has 1 saturated heterocycles. The normalized spacial score (nSPS) is 22.2. The maximum atomic E-state index is 16.2. The molecule has 4 heterocycles. The van der Waals surface area contributed by atoms with Crippen molar-refractivity contribution in [2.75, 3.05) is 11.5 Å². The molecule has 48 heavy (non-hydrogen) atoms. The molecule has 2 aliphatic heterocycles. The highest BCUT2D eigenvalue weighted by atomic mass is 79.9. The van der Waals surface area contributed by atoms with Crippen LogP contribution in [0.1, 0.15) is 30.2 Å². The SMILES string of the molecule is C[C@H]1[C@H]([Si](C)(C)F)[C@@H](CCn2cc(CCO)nn2)O[C@]12C(=O)N(Cc1ccc(-n3ncc4ccccc4c3=O)cc1)c1ccc(Br)cc12. The predicted molar refractivity (Wildman–Crippen MR) is 186 cm³/mol. The number of aliphatic hydroxyl groups excluding tert-OH is 1. The Morgan fingerprint density at radius 1 is 1.08 bits per heavy atom. The monoisotopic (exact) mass is 730 g/mol. The number of aryl methyl sites for hydroxylation is 1. The number of carbonyl (C=O) groups is 1. The Morgan fingerprint density at radius 2 is 1.85 bits per heavy atom. The maximum Gasteiger partial charge on any atom is 0.279 e. The lowest BCUT2D eigenvalue weighted by Gasteiger charge is -2.31. The molecule has 2 aromatic heterocycles. The summed E-state index contributed by atoms with van der Waals surface area (Å²) in [5, 5.41) is 23.3. The van der Waals surface area contributed by atoms with E-state index in [0.29, 0.717) is 36.2 Å². The van der Waals surface area contributed by atoms with E-state index in [9.17, 15) is 14.7 Å². The molecule has 0 radical (unpaired) electrons. The third-order valence-electron chi connectivity index (χ3n) is 9.74. The van der Waals surface area contributed by atoms with Crippen molar-refractivity contribution in [3.63, 3.8) is 0 Å². The Morgan fingerprint density at radius 3 is 2.60 bits per heavy atom. The van der Waals surface area contributed by atoms with Crippen LogP contribution in [0.3, 0.4) is 0 Å². The van der Waals surface area contributed by atoms with Crippen molar-refractivity contribution in [1.29, 1.82) is 0 Å². The lowest BCUT2D eigenvalue weighted by atomic mass is 9.82. The van der Waals surface area contributed by atoms with Gasteiger partial charge in [0.1, 0.15) is 0 Å². The molecule has 10 nitrogen and oxygen atoms in total. The molecule has 3 aromatic carbocycles. The van der Waals surface area contributed by atoms with Crippen LogP contribution in [0.25, 0.3) is 16.5 Å². The van der Waals surface area contributed by atoms with Crippen molar-refractivity contribution in [2.24, 2.45) is 5.92 Å². The highest BCUT2D eigenvalue weighted by Gasteiger charge is 2.66. The Kier molecular flexibility index (Phi) is 8.43. The largest absolute Gasteiger partial charge is 0.396 e. The topological polar surface area (TPSA) is 115 Å². The fraction of sp³-hybridized carbons (Fsp3) is 0.343. The summed E-state index contributed by atoms with van der Waals surface area (Å²) in [6.45, 7) is 6.02. The van der Waals surface area contributed by atoms with Gasteiger partial charge >= 0.3 is 0 Å². The minimum Gasteiger partial charge on any atom is -0.396 e. The number of anilines is 1. The molecule has 0 bridgehead atoms. The minimum absolute atomic E-state index is 0.0202. The van der Waals surface area contributed by atoms with Crippen LogP contribution in [0.15, 0.2) is 88.4 Å². The zero-order valence-corrected chi connectivity index (χ0v) is 29.5. The maximum absolute atomic E-state index is 16.2. The van der Waals surface area contributed by atoms with E-state index >= 15 is 4.11 Å². The van der Waals surface area contributed by atoms with Gasteiger partial charge < -0.3 is 18.9 Å². The summed E-state index contributed by atoms with van der Waals surface area (Å²) < 4.78 is 26.9. The number of nitrogens with zero attached hydrogens (tertiary/aromatic N) is 6. The highest BCUT2D eigenvalue weighted by molar-refractivity contribution is 9.10. The van der Waals surface area contributed by atoms with Crippen molar-refractivity contribution in [3.8, 4) is 5.69 Å². The Hall–Kier alpha value is -4.04. The number of aliphatic hydroxyl groups is 1. The number of hydrogen-bond acceptors (Lipinski definition) is 7. The molecular formula is C35H36BrFN6O4Si. The van der Waals surface area contributed by atoms with Gasteiger partial charge in [0.05, 0.1) is 41.3 Å². The average molecular weight is 732 g/mol. The number of benzene rings is 3. The number of fused-ring (bicyclic) bond motifs is 3. The second-order valence-corrected chi connectivity index (χ2v) is 17.9. The van der Waals surface area contributed by atoms with Gasteiger partial charge in [0, 0.05) is 52.7 Å². The fourth-order valence-electron chi connectivity index (χ4n) is 7.58. The van der Waals surface area contributed by atoms with Gasteiger partial charge in [0.25, 0.3) is 11.5 Å². The molecule has 0 aliphatic carbocycles. The zero-order chi connectivity index (χ0) is 33.8. The van der Waals surface area contributed by atoms with Crippen LogP contribution < -0.4 is 10.5 Å². The van der Waals surface area contributed by atoms with E-state index < -0.39 is 31.6 Å². The molecule has 0 unspecified atom stereocenters. The molecule has 0 saturated carbocycles. The van der Waals surface area contributed by atoms with E-state index in [1.807, 2.05) is 67.6 Å². The van der Waals surface area contributed by atoms with Crippen LogP contribution in [0.5, 0.6) is 0 Å². The number of aromatic nitrogens is 5. The Labute approximate surface area is 286 Å². The van der Waals surface area contributed by atoms with E-state index in [-0.39, 0.29) is 24.6 Å². The summed E-state index contributed by atoms with van der Waals surface area (Å²) in [5.74, 6) is -0.634. The van der Waals surface area contributed by atoms with Crippen molar-refractivity contribution in [3.05, 3.63) is 111 Å². The first-order chi connectivity index (χ1) is 23.0. The van der Waals surface area contributed by atoms with E-state index in [1.165, 1.54) is 4.68 Å². The Balaban J connectivity index is 1.19. The lowest BCUT2D eigenvalue weighted by molar-refractivity contribution is -0.146. The smallest absolute Gasteiger partial charge is 0.279 e. The molecular weight excluding hydrogens is 695 g/mol. The summed E-state index contributed by atoms with van der Waals surface area (Å²) in [5.41, 5.74) is 1.62. The zero-order valence-electron chi connectivity index (χ0n) is 26.9. The van der Waals surface area contributed by atoms with Gasteiger partial charge in [-0.15, -0.1) is 5.10 Å². The van der Waals surface area contributed by atoms with Crippen molar-refractivity contribution >= 4 is 46.7 Å². The number of halogens is 2. The van der Waals surface area contributed by atoms with Gasteiger partial charge in [-0.2, -0.15) is 9.78 Å². The second-order valence-electron chi connectivity index (χ2n) is 13.2. The quantitative estimate of drug-likeness (QED) is 0.153.